The Bertz CT molecular complexity index is 1080. The highest BCUT2D eigenvalue weighted by Gasteiger charge is 2.30. The minimum absolute atomic E-state index is 0.102. The van der Waals surface area contributed by atoms with E-state index in [0.29, 0.717) is 6.42 Å². The van der Waals surface area contributed by atoms with Crippen LogP contribution in [0.4, 0.5) is 0 Å². The van der Waals surface area contributed by atoms with Gasteiger partial charge in [-0.1, -0.05) is 30.3 Å². The van der Waals surface area contributed by atoms with Crippen molar-refractivity contribution < 1.29 is 9.52 Å². The molecule has 2 atom stereocenters. The highest BCUT2D eigenvalue weighted by Crippen LogP contribution is 2.43. The molecular formula is C21H18N2O2. The number of nitrogens with zero attached hydrogens (tertiary/aromatic N) is 2. The number of rotatable bonds is 3. The first-order chi connectivity index (χ1) is 12.2. The van der Waals surface area contributed by atoms with E-state index in [1.807, 2.05) is 49.8 Å². The number of aliphatic hydroxyl groups is 1. The topological polar surface area (TPSA) is 51.2 Å². The molecule has 0 spiro atoms. The molecule has 1 aliphatic rings. The number of aliphatic hydroxyl groups excluding tert-OH is 1. The van der Waals surface area contributed by atoms with E-state index >= 15 is 0 Å². The van der Waals surface area contributed by atoms with Crippen LogP contribution in [0, 0.1) is 6.92 Å². The summed E-state index contributed by atoms with van der Waals surface area (Å²) < 4.78 is 7.79. The highest BCUT2D eigenvalue weighted by atomic mass is 16.3. The third-order valence-electron chi connectivity index (χ3n) is 5.09. The minimum Gasteiger partial charge on any atom is -0.461 e. The molecule has 2 unspecified atom stereocenters. The molecule has 0 radical (unpaired) electrons. The van der Waals surface area contributed by atoms with Gasteiger partial charge in [-0.05, 0) is 36.2 Å². The maximum Gasteiger partial charge on any atom is 0.134 e. The van der Waals surface area contributed by atoms with Gasteiger partial charge in [0, 0.05) is 17.4 Å². The zero-order chi connectivity index (χ0) is 17.0. The molecule has 0 amide bonds. The Morgan fingerprint density at radius 3 is 3.00 bits per heavy atom. The largest absolute Gasteiger partial charge is 0.461 e. The summed E-state index contributed by atoms with van der Waals surface area (Å²) in [6, 6.07) is 16.4. The van der Waals surface area contributed by atoms with Gasteiger partial charge in [0.1, 0.15) is 11.3 Å². The predicted molar refractivity (Wildman–Crippen MR) is 96.3 cm³/mol. The van der Waals surface area contributed by atoms with E-state index in [0.717, 1.165) is 28.0 Å². The van der Waals surface area contributed by atoms with E-state index in [1.165, 1.54) is 11.1 Å². The van der Waals surface area contributed by atoms with E-state index < -0.39 is 6.10 Å². The van der Waals surface area contributed by atoms with Crippen LogP contribution in [-0.4, -0.2) is 14.7 Å². The van der Waals surface area contributed by atoms with Crippen LogP contribution in [0.3, 0.4) is 0 Å². The third kappa shape index (κ3) is 2.22. The van der Waals surface area contributed by atoms with E-state index in [2.05, 4.69) is 27.8 Å². The van der Waals surface area contributed by atoms with Gasteiger partial charge in [-0.3, -0.25) is 0 Å². The molecule has 25 heavy (non-hydrogen) atoms. The van der Waals surface area contributed by atoms with Crippen LogP contribution in [0.1, 0.15) is 35.5 Å². The smallest absolute Gasteiger partial charge is 0.134 e. The zero-order valence-electron chi connectivity index (χ0n) is 13.9. The Morgan fingerprint density at radius 2 is 2.08 bits per heavy atom. The highest BCUT2D eigenvalue weighted by molar-refractivity contribution is 5.78. The van der Waals surface area contributed by atoms with E-state index in [-0.39, 0.29) is 6.04 Å². The van der Waals surface area contributed by atoms with Crippen molar-refractivity contribution in [2.24, 2.45) is 0 Å². The second-order valence-electron chi connectivity index (χ2n) is 6.70. The SMILES string of the molecule is Cc1cc2cc(C(O)CC3c4ccccc4-c4cncn43)ccc2o1. The first-order valence-corrected chi connectivity index (χ1v) is 8.50. The van der Waals surface area contributed by atoms with Crippen molar-refractivity contribution in [1.29, 1.82) is 0 Å². The number of hydrogen-bond donors (Lipinski definition) is 1. The average molecular weight is 330 g/mol. The van der Waals surface area contributed by atoms with Gasteiger partial charge in [0.15, 0.2) is 0 Å². The molecule has 2 aromatic heterocycles. The standard InChI is InChI=1S/C21H18N2O2/c1-13-8-15-9-14(6-7-21(15)25-13)20(24)10-18-16-4-2-3-5-17(16)19-11-22-12-23(18)19/h2-9,11-12,18,20,24H,10H2,1H3. The molecule has 0 saturated heterocycles. The summed E-state index contributed by atoms with van der Waals surface area (Å²) in [5, 5.41) is 11.9. The lowest BCUT2D eigenvalue weighted by Crippen LogP contribution is -2.10. The lowest BCUT2D eigenvalue weighted by atomic mass is 9.95. The van der Waals surface area contributed by atoms with Crippen molar-refractivity contribution in [1.82, 2.24) is 9.55 Å². The predicted octanol–water partition coefficient (Wildman–Crippen LogP) is 4.63. The fourth-order valence-electron chi connectivity index (χ4n) is 3.92. The van der Waals surface area contributed by atoms with Gasteiger partial charge in [-0.25, -0.2) is 4.98 Å². The molecule has 4 aromatic rings. The van der Waals surface area contributed by atoms with Gasteiger partial charge in [0.2, 0.25) is 0 Å². The number of aryl methyl sites for hydroxylation is 1. The minimum atomic E-state index is -0.550. The van der Waals surface area contributed by atoms with Gasteiger partial charge < -0.3 is 14.1 Å². The van der Waals surface area contributed by atoms with Gasteiger partial charge in [0.05, 0.1) is 30.4 Å². The van der Waals surface area contributed by atoms with E-state index in [1.54, 1.807) is 0 Å². The van der Waals surface area contributed by atoms with Crippen LogP contribution >= 0.6 is 0 Å². The first kappa shape index (κ1) is 14.5. The van der Waals surface area contributed by atoms with Gasteiger partial charge in [0.25, 0.3) is 0 Å². The summed E-state index contributed by atoms with van der Waals surface area (Å²) in [5.41, 5.74) is 5.35. The van der Waals surface area contributed by atoms with Gasteiger partial charge in [-0.2, -0.15) is 0 Å². The van der Waals surface area contributed by atoms with Crippen LogP contribution in [0.25, 0.3) is 22.2 Å². The molecule has 3 heterocycles. The monoisotopic (exact) mass is 330 g/mol. The molecule has 0 aliphatic carbocycles. The lowest BCUT2D eigenvalue weighted by Gasteiger charge is -2.19. The maximum absolute atomic E-state index is 10.9. The fourth-order valence-corrected chi connectivity index (χ4v) is 3.92. The molecule has 0 saturated carbocycles. The maximum atomic E-state index is 10.9. The van der Waals surface area contributed by atoms with Crippen molar-refractivity contribution in [3.63, 3.8) is 0 Å². The Labute approximate surface area is 145 Å². The number of aromatic nitrogens is 2. The van der Waals surface area contributed by atoms with Crippen molar-refractivity contribution in [2.45, 2.75) is 25.5 Å². The van der Waals surface area contributed by atoms with Crippen molar-refractivity contribution >= 4 is 11.0 Å². The third-order valence-corrected chi connectivity index (χ3v) is 5.09. The van der Waals surface area contributed by atoms with Crippen molar-refractivity contribution in [3.05, 3.63) is 77.9 Å². The summed E-state index contributed by atoms with van der Waals surface area (Å²) in [4.78, 5) is 4.29. The summed E-state index contributed by atoms with van der Waals surface area (Å²) in [5.74, 6) is 0.884. The Hall–Kier alpha value is -2.85. The van der Waals surface area contributed by atoms with Crippen LogP contribution in [-0.2, 0) is 0 Å². The Morgan fingerprint density at radius 1 is 1.20 bits per heavy atom. The summed E-state index contributed by atoms with van der Waals surface area (Å²) >= 11 is 0. The number of imidazole rings is 1. The molecule has 0 fully saturated rings. The molecule has 0 bridgehead atoms. The second kappa shape index (κ2) is 5.33. The number of hydrogen-bond acceptors (Lipinski definition) is 3. The zero-order valence-corrected chi connectivity index (χ0v) is 13.9. The normalized spacial score (nSPS) is 16.8. The lowest BCUT2D eigenvalue weighted by molar-refractivity contribution is 0.154. The molecule has 1 N–H and O–H groups in total. The molecular weight excluding hydrogens is 312 g/mol. The van der Waals surface area contributed by atoms with Crippen LogP contribution < -0.4 is 0 Å². The second-order valence-corrected chi connectivity index (χ2v) is 6.70. The van der Waals surface area contributed by atoms with E-state index in [4.69, 9.17) is 4.42 Å². The molecule has 2 aromatic carbocycles. The quantitative estimate of drug-likeness (QED) is 0.596. The Balaban J connectivity index is 1.50. The number of furan rings is 1. The number of fused-ring (bicyclic) bond motifs is 4. The summed E-state index contributed by atoms with van der Waals surface area (Å²) in [6.45, 7) is 1.94. The van der Waals surface area contributed by atoms with Crippen molar-refractivity contribution in [3.8, 4) is 11.3 Å². The van der Waals surface area contributed by atoms with Gasteiger partial charge in [-0.15, -0.1) is 0 Å². The van der Waals surface area contributed by atoms with Crippen molar-refractivity contribution in [2.75, 3.05) is 0 Å². The van der Waals surface area contributed by atoms with Crippen LogP contribution in [0.15, 0.2) is 65.5 Å². The molecule has 5 rings (SSSR count). The average Bonchev–Trinajstić information content (AvgIpc) is 3.29. The number of benzene rings is 2. The van der Waals surface area contributed by atoms with Gasteiger partial charge >= 0.3 is 0 Å². The van der Waals surface area contributed by atoms with Crippen LogP contribution in [0.2, 0.25) is 0 Å². The molecule has 4 heteroatoms. The molecule has 124 valence electrons. The van der Waals surface area contributed by atoms with E-state index in [9.17, 15) is 5.11 Å². The van der Waals surface area contributed by atoms with Crippen LogP contribution in [0.5, 0.6) is 0 Å². The summed E-state index contributed by atoms with van der Waals surface area (Å²) in [7, 11) is 0. The molecule has 4 nitrogen and oxygen atoms in total. The first-order valence-electron chi connectivity index (χ1n) is 8.50. The fraction of sp³-hybridized carbons (Fsp3) is 0.190. The summed E-state index contributed by atoms with van der Waals surface area (Å²) in [6.07, 6.45) is 3.81. The molecule has 1 aliphatic heterocycles. The Kier molecular flexibility index (Phi) is 3.09.